The smallest absolute Gasteiger partial charge is 0.339 e. The number of hydrogen-bond acceptors (Lipinski definition) is 3. The van der Waals surface area contributed by atoms with E-state index >= 15 is 0 Å². The lowest BCUT2D eigenvalue weighted by atomic mass is 9.98. The van der Waals surface area contributed by atoms with Crippen molar-refractivity contribution in [2.45, 2.75) is 40.0 Å². The van der Waals surface area contributed by atoms with Gasteiger partial charge in [-0.1, -0.05) is 38.1 Å². The molecule has 0 bridgehead atoms. The van der Waals surface area contributed by atoms with Crippen molar-refractivity contribution < 1.29 is 9.53 Å². The van der Waals surface area contributed by atoms with Crippen molar-refractivity contribution >= 4 is 5.97 Å². The maximum Gasteiger partial charge on any atom is 0.339 e. The summed E-state index contributed by atoms with van der Waals surface area (Å²) in [5.74, 6) is 0.0694. The minimum atomic E-state index is -0.405. The monoisotopic (exact) mass is 313 g/mol. The summed E-state index contributed by atoms with van der Waals surface area (Å²) >= 11 is 0. The van der Waals surface area contributed by atoms with Crippen LogP contribution in [0.25, 0.3) is 0 Å². The number of ether oxygens (including phenoxy) is 1. The molecule has 0 aliphatic rings. The van der Waals surface area contributed by atoms with Crippen LogP contribution >= 0.6 is 0 Å². The van der Waals surface area contributed by atoms with Gasteiger partial charge in [-0.05, 0) is 37.0 Å². The molecule has 4 nitrogen and oxygen atoms in total. The zero-order valence-corrected chi connectivity index (χ0v) is 14.1. The van der Waals surface area contributed by atoms with Gasteiger partial charge in [0.2, 0.25) is 0 Å². The molecule has 23 heavy (non-hydrogen) atoms. The molecule has 4 heteroatoms. The SMILES string of the molecule is CCOC(=O)c1cc(Cc2ccc(C(C)C)cc2)c(=O)[nH]c1C. The Morgan fingerprint density at radius 2 is 1.87 bits per heavy atom. The van der Waals surface area contributed by atoms with E-state index in [0.29, 0.717) is 35.8 Å². The number of hydrogen-bond donors (Lipinski definition) is 1. The minimum absolute atomic E-state index is 0.163. The molecule has 0 aliphatic carbocycles. The molecule has 1 N–H and O–H groups in total. The Hall–Kier alpha value is -2.36. The first-order valence-electron chi connectivity index (χ1n) is 7.91. The number of aromatic amines is 1. The largest absolute Gasteiger partial charge is 0.462 e. The molecule has 0 spiro atoms. The van der Waals surface area contributed by atoms with Gasteiger partial charge < -0.3 is 9.72 Å². The van der Waals surface area contributed by atoms with E-state index in [1.165, 1.54) is 5.56 Å². The molecule has 1 aromatic heterocycles. The Kier molecular flexibility index (Phi) is 5.37. The van der Waals surface area contributed by atoms with Crippen LogP contribution in [0.4, 0.5) is 0 Å². The molecule has 0 unspecified atom stereocenters. The highest BCUT2D eigenvalue weighted by atomic mass is 16.5. The van der Waals surface area contributed by atoms with E-state index < -0.39 is 5.97 Å². The third-order valence-corrected chi connectivity index (χ3v) is 3.85. The molecular weight excluding hydrogens is 290 g/mol. The van der Waals surface area contributed by atoms with E-state index in [2.05, 4.69) is 31.0 Å². The number of aryl methyl sites for hydroxylation is 1. The van der Waals surface area contributed by atoms with Crippen LogP contribution in [0.5, 0.6) is 0 Å². The second-order valence-corrected chi connectivity index (χ2v) is 5.96. The fourth-order valence-electron chi connectivity index (χ4n) is 2.46. The van der Waals surface area contributed by atoms with Crippen molar-refractivity contribution in [1.29, 1.82) is 0 Å². The van der Waals surface area contributed by atoms with Crippen molar-refractivity contribution in [3.63, 3.8) is 0 Å². The first kappa shape index (κ1) is 17.0. The summed E-state index contributed by atoms with van der Waals surface area (Å²) in [6.45, 7) is 8.06. The predicted octanol–water partition coefficient (Wildman–Crippen LogP) is 3.57. The molecule has 0 fully saturated rings. The molecule has 2 rings (SSSR count). The number of carbonyl (C=O) groups is 1. The quantitative estimate of drug-likeness (QED) is 0.858. The van der Waals surface area contributed by atoms with Crippen molar-refractivity contribution in [2.75, 3.05) is 6.61 Å². The molecule has 1 heterocycles. The molecule has 0 aliphatic heterocycles. The van der Waals surface area contributed by atoms with Gasteiger partial charge in [0.1, 0.15) is 0 Å². The topological polar surface area (TPSA) is 59.2 Å². The van der Waals surface area contributed by atoms with Crippen molar-refractivity contribution in [2.24, 2.45) is 0 Å². The number of aromatic nitrogens is 1. The van der Waals surface area contributed by atoms with E-state index in [9.17, 15) is 9.59 Å². The van der Waals surface area contributed by atoms with Gasteiger partial charge in [-0.2, -0.15) is 0 Å². The molecule has 0 saturated carbocycles. The molecule has 122 valence electrons. The zero-order chi connectivity index (χ0) is 17.0. The molecule has 2 aromatic rings. The number of H-pyrrole nitrogens is 1. The summed E-state index contributed by atoms with van der Waals surface area (Å²) < 4.78 is 5.03. The fraction of sp³-hybridized carbons (Fsp3) is 0.368. The summed E-state index contributed by atoms with van der Waals surface area (Å²) in [5.41, 5.74) is 3.66. The third-order valence-electron chi connectivity index (χ3n) is 3.85. The molecule has 0 atom stereocenters. The Morgan fingerprint density at radius 3 is 2.43 bits per heavy atom. The molecular formula is C19H23NO3. The molecule has 0 radical (unpaired) electrons. The van der Waals surface area contributed by atoms with E-state index in [1.807, 2.05) is 12.1 Å². The molecule has 0 saturated heterocycles. The van der Waals surface area contributed by atoms with Gasteiger partial charge >= 0.3 is 5.97 Å². The molecule has 0 amide bonds. The van der Waals surface area contributed by atoms with Gasteiger partial charge in [0.15, 0.2) is 0 Å². The zero-order valence-electron chi connectivity index (χ0n) is 14.1. The van der Waals surface area contributed by atoms with Crippen LogP contribution in [0.15, 0.2) is 35.1 Å². The number of esters is 1. The second-order valence-electron chi connectivity index (χ2n) is 5.96. The van der Waals surface area contributed by atoms with Crippen LogP contribution < -0.4 is 5.56 Å². The number of benzene rings is 1. The first-order chi connectivity index (χ1) is 10.9. The Bertz CT molecular complexity index is 742. The third kappa shape index (κ3) is 4.09. The number of pyridine rings is 1. The molecule has 1 aromatic carbocycles. The second kappa shape index (κ2) is 7.27. The van der Waals surface area contributed by atoms with Gasteiger partial charge in [0.25, 0.3) is 5.56 Å². The van der Waals surface area contributed by atoms with E-state index in [-0.39, 0.29) is 5.56 Å². The van der Waals surface area contributed by atoms with Crippen molar-refractivity contribution in [3.05, 3.63) is 68.6 Å². The van der Waals surface area contributed by atoms with Crippen LogP contribution in [-0.4, -0.2) is 17.6 Å². The Labute approximate surface area is 136 Å². The standard InChI is InChI=1S/C19H23NO3/c1-5-23-19(22)17-11-16(18(21)20-13(17)4)10-14-6-8-15(9-7-14)12(2)3/h6-9,11-12H,5,10H2,1-4H3,(H,20,21). The normalized spacial score (nSPS) is 10.8. The van der Waals surface area contributed by atoms with E-state index in [1.54, 1.807) is 19.9 Å². The number of carbonyl (C=O) groups excluding carboxylic acids is 1. The summed E-state index contributed by atoms with van der Waals surface area (Å²) in [7, 11) is 0. The minimum Gasteiger partial charge on any atom is -0.462 e. The van der Waals surface area contributed by atoms with Crippen LogP contribution in [0.2, 0.25) is 0 Å². The summed E-state index contributed by atoms with van der Waals surface area (Å²) in [5, 5.41) is 0. The summed E-state index contributed by atoms with van der Waals surface area (Å²) in [4.78, 5) is 26.8. The average Bonchev–Trinajstić information content (AvgIpc) is 2.50. The average molecular weight is 313 g/mol. The summed E-state index contributed by atoms with van der Waals surface area (Å²) in [6.07, 6.45) is 0.487. The first-order valence-corrected chi connectivity index (χ1v) is 7.91. The van der Waals surface area contributed by atoms with Crippen molar-refractivity contribution in [3.8, 4) is 0 Å². The predicted molar refractivity (Wildman–Crippen MR) is 91.1 cm³/mol. The van der Waals surface area contributed by atoms with E-state index in [0.717, 1.165) is 5.56 Å². The maximum atomic E-state index is 12.1. The lowest BCUT2D eigenvalue weighted by Gasteiger charge is -2.09. The highest BCUT2D eigenvalue weighted by Crippen LogP contribution is 2.16. The summed E-state index contributed by atoms with van der Waals surface area (Å²) in [6, 6.07) is 9.85. The number of nitrogens with one attached hydrogen (secondary N) is 1. The highest BCUT2D eigenvalue weighted by molar-refractivity contribution is 5.90. The van der Waals surface area contributed by atoms with Crippen LogP contribution in [0, 0.1) is 6.92 Å². The van der Waals surface area contributed by atoms with Crippen LogP contribution in [-0.2, 0) is 11.2 Å². The van der Waals surface area contributed by atoms with Gasteiger partial charge in [0, 0.05) is 17.7 Å². The van der Waals surface area contributed by atoms with Crippen molar-refractivity contribution in [1.82, 2.24) is 4.98 Å². The van der Waals surface area contributed by atoms with Crippen LogP contribution in [0.3, 0.4) is 0 Å². The van der Waals surface area contributed by atoms with Gasteiger partial charge in [-0.15, -0.1) is 0 Å². The Balaban J connectivity index is 2.30. The Morgan fingerprint density at radius 1 is 1.22 bits per heavy atom. The van der Waals surface area contributed by atoms with Gasteiger partial charge in [-0.3, -0.25) is 4.79 Å². The maximum absolute atomic E-state index is 12.1. The lowest BCUT2D eigenvalue weighted by molar-refractivity contribution is 0.0524. The van der Waals surface area contributed by atoms with E-state index in [4.69, 9.17) is 4.74 Å². The lowest BCUT2D eigenvalue weighted by Crippen LogP contribution is -2.19. The van der Waals surface area contributed by atoms with Gasteiger partial charge in [0.05, 0.1) is 12.2 Å². The highest BCUT2D eigenvalue weighted by Gasteiger charge is 2.14. The number of rotatable bonds is 5. The van der Waals surface area contributed by atoms with Gasteiger partial charge in [-0.25, -0.2) is 4.79 Å². The fourth-order valence-corrected chi connectivity index (χ4v) is 2.46. The van der Waals surface area contributed by atoms with Crippen LogP contribution in [0.1, 0.15) is 59.4 Å².